The lowest BCUT2D eigenvalue weighted by atomic mass is 9.90. The monoisotopic (exact) mass is 255 g/mol. The first-order chi connectivity index (χ1) is 7.84. The van der Waals surface area contributed by atoms with Gasteiger partial charge in [-0.25, -0.2) is 0 Å². The maximum absolute atomic E-state index is 9.98. The summed E-state index contributed by atoms with van der Waals surface area (Å²) in [5, 5.41) is 9.98. The fourth-order valence-corrected chi connectivity index (χ4v) is 2.51. The van der Waals surface area contributed by atoms with Crippen molar-refractivity contribution in [3.63, 3.8) is 0 Å². The molecule has 0 aromatic heterocycles. The van der Waals surface area contributed by atoms with E-state index in [9.17, 15) is 5.11 Å². The molecule has 0 aliphatic carbocycles. The smallest absolute Gasteiger partial charge is 0.134 e. The Morgan fingerprint density at radius 3 is 2.59 bits per heavy atom. The predicted molar refractivity (Wildman–Crippen MR) is 73.6 cm³/mol. The molecule has 17 heavy (non-hydrogen) atoms. The van der Waals surface area contributed by atoms with Crippen molar-refractivity contribution in [3.8, 4) is 5.75 Å². The molecule has 0 radical (unpaired) electrons. The average Bonchev–Trinajstić information content (AvgIpc) is 2.25. The summed E-state index contributed by atoms with van der Waals surface area (Å²) in [5.41, 5.74) is 6.27. The first kappa shape index (κ1) is 14.2. The van der Waals surface area contributed by atoms with E-state index in [0.29, 0.717) is 11.4 Å². The normalized spacial score (nSPS) is 13.5. The highest BCUT2D eigenvalue weighted by Crippen LogP contribution is 2.33. The minimum atomic E-state index is -0.352. The number of anilines is 1. The number of thioether (sulfide) groups is 1. The van der Waals surface area contributed by atoms with E-state index in [4.69, 9.17) is 10.5 Å². The van der Waals surface area contributed by atoms with Gasteiger partial charge in [-0.2, -0.15) is 0 Å². The summed E-state index contributed by atoms with van der Waals surface area (Å²) in [4.78, 5) is 1.00. The average molecular weight is 255 g/mol. The molecule has 0 saturated heterocycles. The zero-order valence-electron chi connectivity index (χ0n) is 10.9. The van der Waals surface area contributed by atoms with Gasteiger partial charge < -0.3 is 15.6 Å². The largest absolute Gasteiger partial charge is 0.496 e. The molecular weight excluding hydrogens is 234 g/mol. The van der Waals surface area contributed by atoms with Crippen molar-refractivity contribution in [3.05, 3.63) is 18.2 Å². The molecule has 1 rings (SSSR count). The second-order valence-electron chi connectivity index (χ2n) is 5.10. The van der Waals surface area contributed by atoms with Crippen molar-refractivity contribution in [1.29, 1.82) is 0 Å². The number of nitrogens with two attached hydrogens (primary N) is 1. The molecular formula is C13H21NO2S. The SMILES string of the molecule is COc1cc(N)ccc1SCC(O)C(C)(C)C. The van der Waals surface area contributed by atoms with E-state index in [-0.39, 0.29) is 11.5 Å². The van der Waals surface area contributed by atoms with E-state index in [0.717, 1.165) is 10.6 Å². The summed E-state index contributed by atoms with van der Waals surface area (Å²) in [7, 11) is 1.62. The number of rotatable bonds is 4. The molecule has 1 aromatic carbocycles. The summed E-state index contributed by atoms with van der Waals surface area (Å²) in [6.07, 6.45) is -0.352. The van der Waals surface area contributed by atoms with Crippen LogP contribution in [0.25, 0.3) is 0 Å². The zero-order valence-corrected chi connectivity index (χ0v) is 11.7. The number of nitrogen functional groups attached to an aromatic ring is 1. The molecule has 0 amide bonds. The van der Waals surface area contributed by atoms with E-state index in [1.807, 2.05) is 32.9 Å². The van der Waals surface area contributed by atoms with Crippen molar-refractivity contribution in [2.45, 2.75) is 31.8 Å². The lowest BCUT2D eigenvalue weighted by molar-refractivity contribution is 0.0842. The van der Waals surface area contributed by atoms with E-state index >= 15 is 0 Å². The first-order valence-electron chi connectivity index (χ1n) is 5.59. The number of methoxy groups -OCH3 is 1. The molecule has 1 atom stereocenters. The highest BCUT2D eigenvalue weighted by Gasteiger charge is 2.22. The first-order valence-corrected chi connectivity index (χ1v) is 6.57. The van der Waals surface area contributed by atoms with Crippen LogP contribution in [0.1, 0.15) is 20.8 Å². The van der Waals surface area contributed by atoms with E-state index in [1.54, 1.807) is 24.9 Å². The lowest BCUT2D eigenvalue weighted by Crippen LogP contribution is -2.28. The Kier molecular flexibility index (Phi) is 4.71. The Hall–Kier alpha value is -0.870. The van der Waals surface area contributed by atoms with Gasteiger partial charge >= 0.3 is 0 Å². The number of ether oxygens (including phenoxy) is 1. The van der Waals surface area contributed by atoms with Gasteiger partial charge in [-0.05, 0) is 17.5 Å². The maximum Gasteiger partial charge on any atom is 0.134 e. The molecule has 0 aliphatic rings. The molecule has 3 N–H and O–H groups in total. The molecule has 1 unspecified atom stereocenters. The van der Waals surface area contributed by atoms with Crippen LogP contribution in [0.15, 0.2) is 23.1 Å². The number of hydrogen-bond acceptors (Lipinski definition) is 4. The molecule has 0 aliphatic heterocycles. The Morgan fingerprint density at radius 1 is 1.41 bits per heavy atom. The molecule has 0 spiro atoms. The summed E-state index contributed by atoms with van der Waals surface area (Å²) in [6.45, 7) is 6.08. The molecule has 0 heterocycles. The van der Waals surface area contributed by atoms with Crippen LogP contribution >= 0.6 is 11.8 Å². The standard InChI is InChI=1S/C13H21NO2S/c1-13(2,3)12(15)8-17-11-6-5-9(14)7-10(11)16-4/h5-7,12,15H,8,14H2,1-4H3. The lowest BCUT2D eigenvalue weighted by Gasteiger charge is -2.25. The van der Waals surface area contributed by atoms with Crippen LogP contribution in [0.4, 0.5) is 5.69 Å². The number of aliphatic hydroxyl groups is 1. The molecule has 1 aromatic rings. The summed E-state index contributed by atoms with van der Waals surface area (Å²) < 4.78 is 5.26. The van der Waals surface area contributed by atoms with Crippen molar-refractivity contribution in [2.24, 2.45) is 5.41 Å². The van der Waals surface area contributed by atoms with Crippen LogP contribution in [-0.4, -0.2) is 24.1 Å². The highest BCUT2D eigenvalue weighted by molar-refractivity contribution is 7.99. The minimum Gasteiger partial charge on any atom is -0.496 e. The van der Waals surface area contributed by atoms with Crippen LogP contribution in [0.3, 0.4) is 0 Å². The van der Waals surface area contributed by atoms with Crippen molar-refractivity contribution in [1.82, 2.24) is 0 Å². The quantitative estimate of drug-likeness (QED) is 0.641. The molecule has 0 fully saturated rings. The van der Waals surface area contributed by atoms with Gasteiger partial charge in [-0.15, -0.1) is 11.8 Å². The second-order valence-corrected chi connectivity index (χ2v) is 6.16. The number of benzene rings is 1. The summed E-state index contributed by atoms with van der Waals surface area (Å²) >= 11 is 1.58. The van der Waals surface area contributed by atoms with Gasteiger partial charge in [0, 0.05) is 22.4 Å². The van der Waals surface area contributed by atoms with E-state index in [2.05, 4.69) is 0 Å². The van der Waals surface area contributed by atoms with Gasteiger partial charge in [0.1, 0.15) is 5.75 Å². The van der Waals surface area contributed by atoms with Crippen LogP contribution in [0.5, 0.6) is 5.75 Å². The zero-order chi connectivity index (χ0) is 13.1. The van der Waals surface area contributed by atoms with Crippen molar-refractivity contribution in [2.75, 3.05) is 18.6 Å². The number of aliphatic hydroxyl groups excluding tert-OH is 1. The van der Waals surface area contributed by atoms with Gasteiger partial charge in [-0.3, -0.25) is 0 Å². The summed E-state index contributed by atoms with van der Waals surface area (Å²) in [6, 6.07) is 5.56. The van der Waals surface area contributed by atoms with Crippen LogP contribution < -0.4 is 10.5 Å². The van der Waals surface area contributed by atoms with Gasteiger partial charge in [0.15, 0.2) is 0 Å². The second kappa shape index (κ2) is 5.65. The molecule has 4 heteroatoms. The molecule has 3 nitrogen and oxygen atoms in total. The fraction of sp³-hybridized carbons (Fsp3) is 0.538. The molecule has 96 valence electrons. The third-order valence-corrected chi connectivity index (χ3v) is 3.71. The van der Waals surface area contributed by atoms with Gasteiger partial charge in [-0.1, -0.05) is 20.8 Å². The van der Waals surface area contributed by atoms with E-state index < -0.39 is 0 Å². The Morgan fingerprint density at radius 2 is 2.06 bits per heavy atom. The molecule has 0 saturated carbocycles. The predicted octanol–water partition coefficient (Wildman–Crippen LogP) is 2.78. The van der Waals surface area contributed by atoms with Gasteiger partial charge in [0.25, 0.3) is 0 Å². The molecule has 0 bridgehead atoms. The van der Waals surface area contributed by atoms with Crippen molar-refractivity contribution < 1.29 is 9.84 Å². The van der Waals surface area contributed by atoms with E-state index in [1.165, 1.54) is 0 Å². The third-order valence-electron chi connectivity index (χ3n) is 2.58. The fourth-order valence-electron chi connectivity index (χ4n) is 1.22. The Balaban J connectivity index is 2.69. The minimum absolute atomic E-state index is 0.103. The topological polar surface area (TPSA) is 55.5 Å². The highest BCUT2D eigenvalue weighted by atomic mass is 32.2. The Bertz CT molecular complexity index is 374. The maximum atomic E-state index is 9.98. The summed E-state index contributed by atoms with van der Waals surface area (Å²) in [5.74, 6) is 1.40. The Labute approximate surface area is 107 Å². The van der Waals surface area contributed by atoms with Crippen LogP contribution in [0, 0.1) is 5.41 Å². The van der Waals surface area contributed by atoms with Gasteiger partial charge in [0.2, 0.25) is 0 Å². The van der Waals surface area contributed by atoms with Crippen LogP contribution in [0.2, 0.25) is 0 Å². The third kappa shape index (κ3) is 4.13. The number of hydrogen-bond donors (Lipinski definition) is 2. The van der Waals surface area contributed by atoms with Gasteiger partial charge in [0.05, 0.1) is 13.2 Å². The van der Waals surface area contributed by atoms with Crippen molar-refractivity contribution >= 4 is 17.4 Å². The van der Waals surface area contributed by atoms with Crippen LogP contribution in [-0.2, 0) is 0 Å².